The molecule has 3 aromatic heterocycles. The summed E-state index contributed by atoms with van der Waals surface area (Å²) >= 11 is 0. The Labute approximate surface area is 328 Å². The molecule has 0 bridgehead atoms. The fourth-order valence-corrected chi connectivity index (χ4v) is 9.19. The van der Waals surface area contributed by atoms with Crippen LogP contribution in [0.1, 0.15) is 0 Å². The van der Waals surface area contributed by atoms with Crippen LogP contribution in [-0.4, -0.2) is 9.13 Å². The Balaban J connectivity index is 0.951. The maximum absolute atomic E-state index is 6.17. The van der Waals surface area contributed by atoms with Gasteiger partial charge in [-0.3, -0.25) is 0 Å². The van der Waals surface area contributed by atoms with Crippen LogP contribution in [0.4, 0.5) is 0 Å². The van der Waals surface area contributed by atoms with Crippen molar-refractivity contribution < 1.29 is 4.42 Å². The molecule has 0 radical (unpaired) electrons. The van der Waals surface area contributed by atoms with Crippen molar-refractivity contribution in [1.82, 2.24) is 9.13 Å². The maximum Gasteiger partial charge on any atom is 0.136 e. The molecular weight excluding hydrogens is 693 g/mol. The first-order valence-corrected chi connectivity index (χ1v) is 19.5. The molecule has 266 valence electrons. The molecule has 0 aliphatic heterocycles. The number of aromatic nitrogens is 2. The highest BCUT2D eigenvalue weighted by molar-refractivity contribution is 6.17. The summed E-state index contributed by atoms with van der Waals surface area (Å²) in [6.07, 6.45) is 0. The zero-order valence-electron chi connectivity index (χ0n) is 30.9. The molecule has 0 N–H and O–H groups in total. The number of furan rings is 1. The predicted octanol–water partition coefficient (Wildman–Crippen LogP) is 14.8. The first-order chi connectivity index (χ1) is 28.3. The molecule has 0 atom stereocenters. The van der Waals surface area contributed by atoms with E-state index < -0.39 is 0 Å². The Morgan fingerprint density at radius 1 is 0.281 bits per heavy atom. The number of benzene rings is 9. The van der Waals surface area contributed by atoms with Crippen LogP contribution in [0.5, 0.6) is 0 Å². The molecule has 0 saturated carbocycles. The monoisotopic (exact) mass is 726 g/mol. The van der Waals surface area contributed by atoms with Gasteiger partial charge in [-0.2, -0.15) is 0 Å². The molecule has 0 fully saturated rings. The Kier molecular flexibility index (Phi) is 6.93. The number of nitrogens with zero attached hydrogens (tertiary/aromatic N) is 2. The van der Waals surface area contributed by atoms with Crippen molar-refractivity contribution >= 4 is 65.6 Å². The summed E-state index contributed by atoms with van der Waals surface area (Å²) < 4.78 is 11.0. The lowest BCUT2D eigenvalue weighted by atomic mass is 9.97. The number of rotatable bonds is 5. The molecule has 3 heteroatoms. The van der Waals surface area contributed by atoms with E-state index in [4.69, 9.17) is 4.42 Å². The van der Waals surface area contributed by atoms with E-state index >= 15 is 0 Å². The topological polar surface area (TPSA) is 23.0 Å². The molecule has 3 heterocycles. The summed E-state index contributed by atoms with van der Waals surface area (Å²) in [5, 5.41) is 7.33. The van der Waals surface area contributed by atoms with Crippen LogP contribution < -0.4 is 0 Å². The quantitative estimate of drug-likeness (QED) is 0.173. The van der Waals surface area contributed by atoms with E-state index in [0.717, 1.165) is 33.3 Å². The van der Waals surface area contributed by atoms with Gasteiger partial charge in [0, 0.05) is 43.7 Å². The van der Waals surface area contributed by atoms with Gasteiger partial charge in [0.1, 0.15) is 11.2 Å². The Morgan fingerprint density at radius 2 is 0.789 bits per heavy atom. The van der Waals surface area contributed by atoms with Crippen molar-refractivity contribution in [3.8, 4) is 44.8 Å². The van der Waals surface area contributed by atoms with Crippen LogP contribution in [-0.2, 0) is 0 Å². The lowest BCUT2D eigenvalue weighted by molar-refractivity contribution is 0.669. The second-order valence-corrected chi connectivity index (χ2v) is 14.9. The van der Waals surface area contributed by atoms with E-state index in [9.17, 15) is 0 Å². The SMILES string of the molecule is c1ccc(-n2c3ccccc3c3ccc(-c4cccc5c4c4ccccc4n5-c4ccc(-c5ccc(-c6cccc7oc8ccccc8c67)cc5)cc4)cc32)cc1. The first-order valence-electron chi connectivity index (χ1n) is 19.5. The van der Waals surface area contributed by atoms with Crippen LogP contribution in [0.25, 0.3) is 110 Å². The van der Waals surface area contributed by atoms with Crippen LogP contribution in [0.15, 0.2) is 211 Å². The molecule has 0 aliphatic rings. The van der Waals surface area contributed by atoms with Gasteiger partial charge >= 0.3 is 0 Å². The molecule has 0 amide bonds. The highest BCUT2D eigenvalue weighted by Crippen LogP contribution is 2.42. The van der Waals surface area contributed by atoms with Gasteiger partial charge in [-0.1, -0.05) is 146 Å². The van der Waals surface area contributed by atoms with Gasteiger partial charge in [-0.15, -0.1) is 0 Å². The van der Waals surface area contributed by atoms with Gasteiger partial charge in [-0.25, -0.2) is 0 Å². The molecule has 12 rings (SSSR count). The standard InChI is InChI=1S/C54H34N2O/c1-2-12-39(13-3-1)56-47-19-7-4-14-43(47)44-33-30-38(34-50(44)56)42-17-10-21-49-53(42)45-15-5-8-20-48(45)55(49)40-31-28-36(29-32-40)35-24-26-37(27-25-35)41-18-11-23-52-54(41)46-16-6-9-22-51(46)57-52/h1-34H. The summed E-state index contributed by atoms with van der Waals surface area (Å²) in [6.45, 7) is 0. The average Bonchev–Trinajstić information content (AvgIpc) is 3.94. The summed E-state index contributed by atoms with van der Waals surface area (Å²) in [5.41, 5.74) is 16.1. The Bertz CT molecular complexity index is 3490. The van der Waals surface area contributed by atoms with E-state index in [1.54, 1.807) is 0 Å². The van der Waals surface area contributed by atoms with Crippen molar-refractivity contribution in [1.29, 1.82) is 0 Å². The third kappa shape index (κ3) is 4.86. The highest BCUT2D eigenvalue weighted by Gasteiger charge is 2.19. The van der Waals surface area contributed by atoms with Gasteiger partial charge in [0.15, 0.2) is 0 Å². The molecule has 0 spiro atoms. The largest absolute Gasteiger partial charge is 0.456 e. The highest BCUT2D eigenvalue weighted by atomic mass is 16.3. The van der Waals surface area contributed by atoms with E-state index in [1.807, 2.05) is 12.1 Å². The van der Waals surface area contributed by atoms with Gasteiger partial charge < -0.3 is 13.6 Å². The Hall–Kier alpha value is -7.62. The number of fused-ring (bicyclic) bond motifs is 9. The number of para-hydroxylation sites is 4. The summed E-state index contributed by atoms with van der Waals surface area (Å²) in [6, 6.07) is 74.4. The third-order valence-electron chi connectivity index (χ3n) is 11.8. The smallest absolute Gasteiger partial charge is 0.136 e. The zero-order chi connectivity index (χ0) is 37.5. The lowest BCUT2D eigenvalue weighted by Gasteiger charge is -2.11. The van der Waals surface area contributed by atoms with Gasteiger partial charge in [0.05, 0.1) is 22.1 Å². The summed E-state index contributed by atoms with van der Waals surface area (Å²) in [4.78, 5) is 0. The molecule has 9 aromatic carbocycles. The number of hydrogen-bond acceptors (Lipinski definition) is 1. The van der Waals surface area contributed by atoms with E-state index in [1.165, 1.54) is 77.0 Å². The van der Waals surface area contributed by atoms with Crippen molar-refractivity contribution in [2.75, 3.05) is 0 Å². The average molecular weight is 727 g/mol. The zero-order valence-corrected chi connectivity index (χ0v) is 30.9. The van der Waals surface area contributed by atoms with Gasteiger partial charge in [0.2, 0.25) is 0 Å². The van der Waals surface area contributed by atoms with Crippen molar-refractivity contribution in [3.63, 3.8) is 0 Å². The van der Waals surface area contributed by atoms with Crippen molar-refractivity contribution in [2.24, 2.45) is 0 Å². The molecule has 12 aromatic rings. The molecule has 0 saturated heterocycles. The minimum Gasteiger partial charge on any atom is -0.456 e. The first kappa shape index (κ1) is 31.7. The Morgan fingerprint density at radius 3 is 1.58 bits per heavy atom. The van der Waals surface area contributed by atoms with Crippen molar-refractivity contribution in [2.45, 2.75) is 0 Å². The fraction of sp³-hybridized carbons (Fsp3) is 0. The molecule has 3 nitrogen and oxygen atoms in total. The van der Waals surface area contributed by atoms with Crippen LogP contribution >= 0.6 is 0 Å². The molecular formula is C54H34N2O. The van der Waals surface area contributed by atoms with E-state index in [-0.39, 0.29) is 0 Å². The summed E-state index contributed by atoms with van der Waals surface area (Å²) in [7, 11) is 0. The van der Waals surface area contributed by atoms with Gasteiger partial charge in [0.25, 0.3) is 0 Å². The minimum absolute atomic E-state index is 0.915. The minimum atomic E-state index is 0.915. The van der Waals surface area contributed by atoms with E-state index in [2.05, 4.69) is 203 Å². The second kappa shape index (κ2) is 12.5. The second-order valence-electron chi connectivity index (χ2n) is 14.9. The number of hydrogen-bond donors (Lipinski definition) is 0. The van der Waals surface area contributed by atoms with Gasteiger partial charge in [-0.05, 0) is 94.0 Å². The van der Waals surface area contributed by atoms with Crippen LogP contribution in [0.2, 0.25) is 0 Å². The summed E-state index contributed by atoms with van der Waals surface area (Å²) in [5.74, 6) is 0. The molecule has 0 aliphatic carbocycles. The molecule has 57 heavy (non-hydrogen) atoms. The predicted molar refractivity (Wildman–Crippen MR) is 239 cm³/mol. The fourth-order valence-electron chi connectivity index (χ4n) is 9.19. The molecule has 0 unspecified atom stereocenters. The normalized spacial score (nSPS) is 11.9. The van der Waals surface area contributed by atoms with Crippen molar-refractivity contribution in [3.05, 3.63) is 206 Å². The van der Waals surface area contributed by atoms with Crippen LogP contribution in [0, 0.1) is 0 Å². The van der Waals surface area contributed by atoms with Crippen LogP contribution in [0.3, 0.4) is 0 Å². The maximum atomic E-state index is 6.17. The lowest BCUT2D eigenvalue weighted by Crippen LogP contribution is -1.94. The van der Waals surface area contributed by atoms with E-state index in [0.29, 0.717) is 0 Å². The third-order valence-corrected chi connectivity index (χ3v) is 11.8.